The minimum Gasteiger partial charge on any atom is -0.377 e. The maximum atomic E-state index is 12.3. The fourth-order valence-corrected chi connectivity index (χ4v) is 11.0. The van der Waals surface area contributed by atoms with Crippen molar-refractivity contribution in [3.8, 4) is 0 Å². The molecule has 1 unspecified atom stereocenters. The van der Waals surface area contributed by atoms with E-state index in [1.165, 1.54) is 57.8 Å². The quantitative estimate of drug-likeness (QED) is 0.117. The molecule has 6 heteroatoms. The van der Waals surface area contributed by atoms with Gasteiger partial charge in [-0.2, -0.15) is 8.42 Å². The fourth-order valence-electron chi connectivity index (χ4n) is 10.1. The molecule has 1 aromatic carbocycles. The van der Waals surface area contributed by atoms with E-state index in [2.05, 4.69) is 40.7 Å². The molecule has 3 fully saturated rings. The summed E-state index contributed by atoms with van der Waals surface area (Å²) < 4.78 is 41.7. The lowest BCUT2D eigenvalue weighted by atomic mass is 9.47. The van der Waals surface area contributed by atoms with Gasteiger partial charge in [0.05, 0.1) is 37.4 Å². The molecular weight excluding hydrogens is 568 g/mol. The number of aryl methyl sites for hydroxylation is 1. The molecule has 5 nitrogen and oxygen atoms in total. The van der Waals surface area contributed by atoms with Crippen LogP contribution in [0.1, 0.15) is 111 Å². The summed E-state index contributed by atoms with van der Waals surface area (Å²) in [7, 11) is -3.75. The number of hydrogen-bond donors (Lipinski definition) is 0. The van der Waals surface area contributed by atoms with E-state index >= 15 is 0 Å². The maximum absolute atomic E-state index is 12.3. The van der Waals surface area contributed by atoms with Gasteiger partial charge < -0.3 is 9.47 Å². The van der Waals surface area contributed by atoms with Crippen molar-refractivity contribution in [3.63, 3.8) is 0 Å². The van der Waals surface area contributed by atoms with Gasteiger partial charge in [0.2, 0.25) is 0 Å². The highest BCUT2D eigenvalue weighted by molar-refractivity contribution is 7.86. The van der Waals surface area contributed by atoms with Gasteiger partial charge in [-0.15, -0.1) is 0 Å². The van der Waals surface area contributed by atoms with Gasteiger partial charge in [-0.05, 0) is 117 Å². The lowest BCUT2D eigenvalue weighted by Gasteiger charge is -2.58. The van der Waals surface area contributed by atoms with Crippen LogP contribution in [0.2, 0.25) is 0 Å². The first-order valence-corrected chi connectivity index (χ1v) is 19.2. The van der Waals surface area contributed by atoms with Gasteiger partial charge in [0.15, 0.2) is 0 Å². The predicted octanol–water partition coefficient (Wildman–Crippen LogP) is 9.14. The summed E-state index contributed by atoms with van der Waals surface area (Å²) in [5.74, 6) is 5.19. The molecular formula is C38H60O5S. The summed E-state index contributed by atoms with van der Waals surface area (Å²) in [4.78, 5) is 0.177. The molecule has 4 aliphatic carbocycles. The highest BCUT2D eigenvalue weighted by Gasteiger charge is 2.59. The van der Waals surface area contributed by atoms with Gasteiger partial charge in [-0.25, -0.2) is 0 Å². The third-order valence-corrected chi connectivity index (χ3v) is 13.9. The van der Waals surface area contributed by atoms with E-state index in [0.717, 1.165) is 53.9 Å². The van der Waals surface area contributed by atoms with Crippen molar-refractivity contribution in [1.29, 1.82) is 0 Å². The van der Waals surface area contributed by atoms with Crippen LogP contribution in [-0.2, 0) is 23.8 Å². The summed E-state index contributed by atoms with van der Waals surface area (Å²) in [6.07, 6.45) is 17.5. The molecule has 0 bridgehead atoms. The summed E-state index contributed by atoms with van der Waals surface area (Å²) in [6.45, 7) is 15.7. The lowest BCUT2D eigenvalue weighted by Crippen LogP contribution is -2.51. The number of hydrogen-bond acceptors (Lipinski definition) is 5. The van der Waals surface area contributed by atoms with Crippen LogP contribution in [0.5, 0.6) is 0 Å². The van der Waals surface area contributed by atoms with E-state index in [9.17, 15) is 8.42 Å². The van der Waals surface area contributed by atoms with E-state index < -0.39 is 10.1 Å². The minimum atomic E-state index is -3.75. The summed E-state index contributed by atoms with van der Waals surface area (Å²) in [5.41, 5.74) is 3.54. The first kappa shape index (κ1) is 34.1. The second-order valence-electron chi connectivity index (χ2n) is 15.7. The van der Waals surface area contributed by atoms with Gasteiger partial charge in [-0.1, -0.05) is 83.2 Å². The van der Waals surface area contributed by atoms with E-state index in [1.54, 1.807) is 29.8 Å². The summed E-state index contributed by atoms with van der Waals surface area (Å²) in [5, 5.41) is 0. The molecule has 0 aliphatic heterocycles. The zero-order valence-electron chi connectivity index (χ0n) is 28.5. The molecule has 1 aromatic rings. The molecule has 5 rings (SSSR count). The Bertz CT molecular complexity index is 1220. The van der Waals surface area contributed by atoms with Crippen molar-refractivity contribution in [3.05, 3.63) is 41.5 Å². The zero-order chi connectivity index (χ0) is 31.5. The number of ether oxygens (including phenoxy) is 2. The molecule has 0 N–H and O–H groups in total. The van der Waals surface area contributed by atoms with Gasteiger partial charge in [0.1, 0.15) is 0 Å². The molecule has 3 saturated carbocycles. The Morgan fingerprint density at radius 2 is 1.64 bits per heavy atom. The Kier molecular flexibility index (Phi) is 11.1. The smallest absolute Gasteiger partial charge is 0.297 e. The van der Waals surface area contributed by atoms with Crippen LogP contribution >= 0.6 is 0 Å². The number of fused-ring (bicyclic) bond motifs is 5. The first-order valence-electron chi connectivity index (χ1n) is 17.8. The molecule has 4 aliphatic rings. The lowest BCUT2D eigenvalue weighted by molar-refractivity contribution is -0.0681. The van der Waals surface area contributed by atoms with Crippen LogP contribution in [-0.4, -0.2) is 40.9 Å². The van der Waals surface area contributed by atoms with Crippen molar-refractivity contribution in [1.82, 2.24) is 0 Å². The Morgan fingerprint density at radius 1 is 0.886 bits per heavy atom. The molecule has 0 aromatic heterocycles. The topological polar surface area (TPSA) is 61.8 Å². The number of benzene rings is 1. The highest BCUT2D eigenvalue weighted by atomic mass is 32.2. The van der Waals surface area contributed by atoms with Crippen molar-refractivity contribution >= 4 is 10.1 Å². The van der Waals surface area contributed by atoms with Crippen molar-refractivity contribution in [2.75, 3.05) is 26.4 Å². The average molecular weight is 629 g/mol. The molecule has 0 radical (unpaired) electrons. The molecule has 8 atom stereocenters. The van der Waals surface area contributed by atoms with Crippen LogP contribution in [0, 0.1) is 53.3 Å². The molecule has 0 spiro atoms. The largest absolute Gasteiger partial charge is 0.377 e. The molecule has 0 saturated heterocycles. The standard InChI is InChI=1S/C38H60O5S/c1-27(2)8-7-9-29(4)34-16-17-35-33-15-12-30-26-31(18-20-37(30,5)36(33)19-21-38(34,35)6)42-24-22-41-23-25-43-44(39,40)32-13-10-28(3)11-14-32/h10-14,27,29,31,33-36H,7-9,15-26H2,1-6H3/t29-,31?,33+,34-,35+,36+,37+,38-/m1/s1. The Morgan fingerprint density at radius 3 is 2.39 bits per heavy atom. The maximum Gasteiger partial charge on any atom is 0.297 e. The second kappa shape index (κ2) is 14.3. The third kappa shape index (κ3) is 7.34. The van der Waals surface area contributed by atoms with Crippen LogP contribution in [0.15, 0.2) is 40.8 Å². The average Bonchev–Trinajstić information content (AvgIpc) is 3.34. The predicted molar refractivity (Wildman–Crippen MR) is 178 cm³/mol. The Hall–Kier alpha value is -1.21. The van der Waals surface area contributed by atoms with Crippen molar-refractivity contribution < 1.29 is 22.1 Å². The highest BCUT2D eigenvalue weighted by Crippen LogP contribution is 2.67. The van der Waals surface area contributed by atoms with Crippen LogP contribution in [0.4, 0.5) is 0 Å². The van der Waals surface area contributed by atoms with E-state index in [1.807, 2.05) is 6.92 Å². The fraction of sp³-hybridized carbons (Fsp3) is 0.789. The molecule has 0 amide bonds. The third-order valence-electron chi connectivity index (χ3n) is 12.6. The van der Waals surface area contributed by atoms with Gasteiger partial charge in [0.25, 0.3) is 10.1 Å². The van der Waals surface area contributed by atoms with Gasteiger partial charge >= 0.3 is 0 Å². The zero-order valence-corrected chi connectivity index (χ0v) is 29.3. The Balaban J connectivity index is 1.06. The van der Waals surface area contributed by atoms with Gasteiger partial charge in [0, 0.05) is 0 Å². The normalized spacial score (nSPS) is 34.2. The number of rotatable bonds is 14. The van der Waals surface area contributed by atoms with E-state index in [0.29, 0.717) is 24.0 Å². The molecule has 44 heavy (non-hydrogen) atoms. The van der Waals surface area contributed by atoms with Crippen LogP contribution in [0.3, 0.4) is 0 Å². The van der Waals surface area contributed by atoms with Crippen molar-refractivity contribution in [2.45, 2.75) is 123 Å². The summed E-state index contributed by atoms with van der Waals surface area (Å²) in [6, 6.07) is 6.68. The molecule has 248 valence electrons. The summed E-state index contributed by atoms with van der Waals surface area (Å²) >= 11 is 0. The van der Waals surface area contributed by atoms with Gasteiger partial charge in [-0.3, -0.25) is 4.18 Å². The molecule has 0 heterocycles. The monoisotopic (exact) mass is 628 g/mol. The van der Waals surface area contributed by atoms with E-state index in [-0.39, 0.29) is 24.2 Å². The second-order valence-corrected chi connectivity index (χ2v) is 17.3. The minimum absolute atomic E-state index is 0.00523. The number of allylic oxidation sites excluding steroid dienone is 1. The Labute approximate surface area is 269 Å². The van der Waals surface area contributed by atoms with Crippen LogP contribution in [0.25, 0.3) is 0 Å². The van der Waals surface area contributed by atoms with E-state index in [4.69, 9.17) is 13.7 Å². The van der Waals surface area contributed by atoms with Crippen LogP contribution < -0.4 is 0 Å². The SMILES string of the molecule is Cc1ccc(S(=O)(=O)OCCOCCOC2CC[C@@]3(C)C(=CC[C@H]4[C@@H]5CC[C@H]([C@H](C)CCCC(C)C)[C@@]5(C)CC[C@@H]43)C2)cc1. The van der Waals surface area contributed by atoms with Crippen molar-refractivity contribution in [2.24, 2.45) is 46.3 Å². The first-order chi connectivity index (χ1) is 20.9.